The van der Waals surface area contributed by atoms with E-state index in [0.717, 1.165) is 12.0 Å². The summed E-state index contributed by atoms with van der Waals surface area (Å²) < 4.78 is 0. The van der Waals surface area contributed by atoms with Gasteiger partial charge in [0.25, 0.3) is 0 Å². The smallest absolute Gasteiger partial charge is 0.146 e. The van der Waals surface area contributed by atoms with Crippen LogP contribution in [0, 0.1) is 0 Å². The molecule has 0 saturated carbocycles. The second kappa shape index (κ2) is 4.26. The van der Waals surface area contributed by atoms with Crippen molar-refractivity contribution in [2.75, 3.05) is 0 Å². The quantitative estimate of drug-likeness (QED) is 0.571. The molecule has 1 rings (SSSR count). The highest BCUT2D eigenvalue weighted by atomic mass is 35.5. The molecule has 0 radical (unpaired) electrons. The Morgan fingerprint density at radius 1 is 1.17 bits per heavy atom. The number of alkyl halides is 1. The van der Waals surface area contributed by atoms with Crippen LogP contribution in [0.25, 0.3) is 0 Å². The first-order valence-corrected chi connectivity index (χ1v) is 4.74. The van der Waals surface area contributed by atoms with Crippen molar-refractivity contribution in [1.82, 2.24) is 9.97 Å². The Balaban J connectivity index is 3.18. The summed E-state index contributed by atoms with van der Waals surface area (Å²) >= 11 is 17.2. The molecule has 0 unspecified atom stereocenters. The molecule has 2 nitrogen and oxygen atoms in total. The van der Waals surface area contributed by atoms with Crippen molar-refractivity contribution in [2.45, 2.75) is 19.2 Å². The highest BCUT2D eigenvalue weighted by Gasteiger charge is 2.08. The van der Waals surface area contributed by atoms with E-state index in [1.165, 1.54) is 0 Å². The largest absolute Gasteiger partial charge is 0.220 e. The fourth-order valence-corrected chi connectivity index (χ4v) is 1.63. The Morgan fingerprint density at radius 2 is 1.67 bits per heavy atom. The zero-order valence-electron chi connectivity index (χ0n) is 6.44. The van der Waals surface area contributed by atoms with E-state index in [-0.39, 0.29) is 5.88 Å². The molecule has 1 aromatic rings. The van der Waals surface area contributed by atoms with E-state index in [1.807, 2.05) is 6.92 Å². The second-order valence-corrected chi connectivity index (χ2v) is 3.17. The minimum absolute atomic E-state index is 0.226. The lowest BCUT2D eigenvalue weighted by atomic mass is 10.3. The lowest BCUT2D eigenvalue weighted by Gasteiger charge is -2.03. The molecule has 1 heterocycles. The molecule has 0 saturated heterocycles. The van der Waals surface area contributed by atoms with Gasteiger partial charge in [-0.25, -0.2) is 9.97 Å². The zero-order chi connectivity index (χ0) is 9.14. The lowest BCUT2D eigenvalue weighted by molar-refractivity contribution is 0.977. The van der Waals surface area contributed by atoms with Crippen molar-refractivity contribution in [2.24, 2.45) is 0 Å². The maximum absolute atomic E-state index is 5.82. The number of hydrogen-bond acceptors (Lipinski definition) is 2. The molecule has 0 amide bonds. The highest BCUT2D eigenvalue weighted by Crippen LogP contribution is 2.21. The molecular formula is C7H7Cl3N2. The van der Waals surface area contributed by atoms with Crippen molar-refractivity contribution in [3.8, 4) is 0 Å². The number of hydrogen-bond donors (Lipinski definition) is 0. The van der Waals surface area contributed by atoms with E-state index in [4.69, 9.17) is 34.8 Å². The predicted molar refractivity (Wildman–Crippen MR) is 51.0 cm³/mol. The molecular weight excluding hydrogens is 218 g/mol. The lowest BCUT2D eigenvalue weighted by Crippen LogP contribution is -1.97. The van der Waals surface area contributed by atoms with Gasteiger partial charge in [-0.2, -0.15) is 0 Å². The van der Waals surface area contributed by atoms with Gasteiger partial charge < -0.3 is 0 Å². The fourth-order valence-electron chi connectivity index (χ4n) is 0.823. The first-order valence-electron chi connectivity index (χ1n) is 3.45. The van der Waals surface area contributed by atoms with Gasteiger partial charge in [-0.1, -0.05) is 30.1 Å². The highest BCUT2D eigenvalue weighted by molar-refractivity contribution is 6.34. The Kier molecular flexibility index (Phi) is 3.56. The summed E-state index contributed by atoms with van der Waals surface area (Å²) in [5.74, 6) is 0.688. The van der Waals surface area contributed by atoms with Crippen molar-refractivity contribution in [1.29, 1.82) is 0 Å². The van der Waals surface area contributed by atoms with Gasteiger partial charge in [0.05, 0.1) is 5.88 Å². The standard InChI is InChI=1S/C7H7Cl3N2/c1-2-4-6(9)11-5(3-8)12-7(4)10/h2-3H2,1H3. The van der Waals surface area contributed by atoms with E-state index in [0.29, 0.717) is 16.1 Å². The maximum Gasteiger partial charge on any atom is 0.146 e. The van der Waals surface area contributed by atoms with E-state index < -0.39 is 0 Å². The number of rotatable bonds is 2. The second-order valence-electron chi connectivity index (χ2n) is 2.19. The normalized spacial score (nSPS) is 10.3. The van der Waals surface area contributed by atoms with Gasteiger partial charge in [0.2, 0.25) is 0 Å². The summed E-state index contributed by atoms with van der Waals surface area (Å²) in [4.78, 5) is 7.92. The Morgan fingerprint density at radius 3 is 2.00 bits per heavy atom. The Hall–Kier alpha value is -0.0500. The van der Waals surface area contributed by atoms with Gasteiger partial charge in [-0.3, -0.25) is 0 Å². The van der Waals surface area contributed by atoms with Crippen LogP contribution in [0.5, 0.6) is 0 Å². The third-order valence-corrected chi connectivity index (χ3v) is 2.29. The van der Waals surface area contributed by atoms with Crippen molar-refractivity contribution < 1.29 is 0 Å². The SMILES string of the molecule is CCc1c(Cl)nc(CCl)nc1Cl. The van der Waals surface area contributed by atoms with Crippen molar-refractivity contribution in [3.05, 3.63) is 21.7 Å². The topological polar surface area (TPSA) is 25.8 Å². The molecule has 0 N–H and O–H groups in total. The summed E-state index contributed by atoms with van der Waals surface area (Å²) in [5, 5.41) is 0.793. The number of halogens is 3. The van der Waals surface area contributed by atoms with Gasteiger partial charge in [-0.05, 0) is 6.42 Å². The zero-order valence-corrected chi connectivity index (χ0v) is 8.71. The van der Waals surface area contributed by atoms with E-state index in [2.05, 4.69) is 9.97 Å². The summed E-state index contributed by atoms with van der Waals surface area (Å²) in [7, 11) is 0. The van der Waals surface area contributed by atoms with Crippen LogP contribution < -0.4 is 0 Å². The molecule has 0 aromatic carbocycles. The molecule has 5 heteroatoms. The third kappa shape index (κ3) is 2.00. The van der Waals surface area contributed by atoms with Crippen LogP contribution in [0.1, 0.15) is 18.3 Å². The first-order chi connectivity index (χ1) is 5.69. The Labute approximate surface area is 85.9 Å². The van der Waals surface area contributed by atoms with Crippen LogP contribution in [0.4, 0.5) is 0 Å². The molecule has 0 aliphatic rings. The van der Waals surface area contributed by atoms with E-state index in [9.17, 15) is 0 Å². The van der Waals surface area contributed by atoms with Gasteiger partial charge in [0.1, 0.15) is 16.1 Å². The van der Waals surface area contributed by atoms with Crippen molar-refractivity contribution in [3.63, 3.8) is 0 Å². The molecule has 0 bridgehead atoms. The predicted octanol–water partition coefficient (Wildman–Crippen LogP) is 3.08. The van der Waals surface area contributed by atoms with Gasteiger partial charge >= 0.3 is 0 Å². The van der Waals surface area contributed by atoms with Crippen LogP contribution in [-0.4, -0.2) is 9.97 Å². The van der Waals surface area contributed by atoms with Crippen LogP contribution >= 0.6 is 34.8 Å². The van der Waals surface area contributed by atoms with Gasteiger partial charge in [0.15, 0.2) is 0 Å². The Bertz CT molecular complexity index is 265. The number of aromatic nitrogens is 2. The minimum atomic E-state index is 0.226. The third-order valence-electron chi connectivity index (χ3n) is 1.43. The van der Waals surface area contributed by atoms with Crippen LogP contribution in [-0.2, 0) is 12.3 Å². The van der Waals surface area contributed by atoms with E-state index >= 15 is 0 Å². The molecule has 0 aliphatic carbocycles. The number of nitrogens with zero attached hydrogens (tertiary/aromatic N) is 2. The minimum Gasteiger partial charge on any atom is -0.220 e. The van der Waals surface area contributed by atoms with Gasteiger partial charge in [0, 0.05) is 5.56 Å². The molecule has 0 aliphatic heterocycles. The molecule has 0 fully saturated rings. The maximum atomic E-state index is 5.82. The summed E-state index contributed by atoms with van der Waals surface area (Å²) in [6.45, 7) is 1.94. The molecule has 1 aromatic heterocycles. The average Bonchev–Trinajstić information content (AvgIpc) is 2.03. The fraction of sp³-hybridized carbons (Fsp3) is 0.429. The first kappa shape index (κ1) is 10.0. The summed E-state index contributed by atoms with van der Waals surface area (Å²) in [6, 6.07) is 0. The van der Waals surface area contributed by atoms with Crippen molar-refractivity contribution >= 4 is 34.8 Å². The summed E-state index contributed by atoms with van der Waals surface area (Å²) in [5.41, 5.74) is 0.771. The van der Waals surface area contributed by atoms with Crippen LogP contribution in [0.15, 0.2) is 0 Å². The summed E-state index contributed by atoms with van der Waals surface area (Å²) in [6.07, 6.45) is 0.722. The van der Waals surface area contributed by atoms with E-state index in [1.54, 1.807) is 0 Å². The molecule has 0 spiro atoms. The van der Waals surface area contributed by atoms with Crippen LogP contribution in [0.3, 0.4) is 0 Å². The van der Waals surface area contributed by atoms with Crippen LogP contribution in [0.2, 0.25) is 10.3 Å². The molecule has 12 heavy (non-hydrogen) atoms. The average molecular weight is 226 g/mol. The van der Waals surface area contributed by atoms with Gasteiger partial charge in [-0.15, -0.1) is 11.6 Å². The molecule has 66 valence electrons. The molecule has 0 atom stereocenters. The monoisotopic (exact) mass is 224 g/mol.